The van der Waals surface area contributed by atoms with Crippen LogP contribution in [0, 0.1) is 41.5 Å². The predicted octanol–water partition coefficient (Wildman–Crippen LogP) is 9.99. The minimum Gasteiger partial charge on any atom is -0.310 e. The van der Waals surface area contributed by atoms with Crippen molar-refractivity contribution in [2.24, 2.45) is 0 Å². The van der Waals surface area contributed by atoms with E-state index in [1.165, 1.54) is 132 Å². The molecule has 0 amide bonds. The van der Waals surface area contributed by atoms with Crippen LogP contribution < -0.4 is 32.8 Å². The van der Waals surface area contributed by atoms with Crippen molar-refractivity contribution < 1.29 is 0 Å². The minimum atomic E-state index is -0.0196. The summed E-state index contributed by atoms with van der Waals surface area (Å²) in [7, 11) is 0. The Bertz CT molecular complexity index is 3090. The Morgan fingerprint density at radius 1 is 0.383 bits per heavy atom. The standard InChI is InChI=1S/C56H54B2N2/c1-31-21-33(3)51(34(4)22-31)57-43-29-50-44(30-49(43)59-47-19-15-13-17-39(47)41-25-37(55(7,8)9)27-45(57)53(41)59)58(52-35(5)23-32(2)24-36(52)6)46-28-38(56(10,11)12)26-42-40-18-14-16-20-48(40)60(50)54(42)46/h13-30H,1-12H3. The van der Waals surface area contributed by atoms with Gasteiger partial charge in [-0.2, -0.15) is 0 Å². The average molecular weight is 777 g/mol. The average Bonchev–Trinajstić information content (AvgIpc) is 3.69. The van der Waals surface area contributed by atoms with Gasteiger partial charge in [0.1, 0.15) is 0 Å². The zero-order valence-corrected chi connectivity index (χ0v) is 37.4. The van der Waals surface area contributed by atoms with E-state index < -0.39 is 0 Å². The van der Waals surface area contributed by atoms with Gasteiger partial charge in [-0.15, -0.1) is 0 Å². The molecule has 2 aliphatic heterocycles. The summed E-state index contributed by atoms with van der Waals surface area (Å²) in [5, 5.41) is 5.34. The maximum atomic E-state index is 2.65. The molecule has 0 radical (unpaired) electrons. The summed E-state index contributed by atoms with van der Waals surface area (Å²) in [5.41, 5.74) is 27.1. The van der Waals surface area contributed by atoms with Gasteiger partial charge < -0.3 is 9.13 Å². The zero-order chi connectivity index (χ0) is 41.9. The van der Waals surface area contributed by atoms with Crippen molar-refractivity contribution in [3.05, 3.63) is 154 Å². The molecule has 0 unspecified atom stereocenters. The van der Waals surface area contributed by atoms with E-state index in [1.54, 1.807) is 0 Å². The maximum Gasteiger partial charge on any atom is 0.247 e. The number of para-hydroxylation sites is 2. The van der Waals surface area contributed by atoms with Crippen LogP contribution in [0.5, 0.6) is 0 Å². The van der Waals surface area contributed by atoms with Crippen LogP contribution in [-0.4, -0.2) is 22.6 Å². The molecule has 7 aromatic carbocycles. The van der Waals surface area contributed by atoms with E-state index in [2.05, 4.69) is 201 Å². The molecule has 2 nitrogen and oxygen atoms in total. The highest BCUT2D eigenvalue weighted by atomic mass is 15.0. The third-order valence-electron chi connectivity index (χ3n) is 14.3. The van der Waals surface area contributed by atoms with Crippen LogP contribution >= 0.6 is 0 Å². The molecule has 60 heavy (non-hydrogen) atoms. The number of hydrogen-bond donors (Lipinski definition) is 0. The lowest BCUT2D eigenvalue weighted by molar-refractivity contribution is 0.591. The Labute approximate surface area is 356 Å². The third kappa shape index (κ3) is 5.09. The van der Waals surface area contributed by atoms with Crippen molar-refractivity contribution >= 4 is 89.8 Å². The highest BCUT2D eigenvalue weighted by Crippen LogP contribution is 2.40. The zero-order valence-electron chi connectivity index (χ0n) is 37.4. The summed E-state index contributed by atoms with van der Waals surface area (Å²) < 4.78 is 5.29. The van der Waals surface area contributed by atoms with Gasteiger partial charge in [-0.1, -0.05) is 159 Å². The minimum absolute atomic E-state index is 0.0196. The van der Waals surface area contributed by atoms with Gasteiger partial charge in [-0.3, -0.25) is 0 Å². The van der Waals surface area contributed by atoms with Gasteiger partial charge in [0, 0.05) is 44.0 Å². The summed E-state index contributed by atoms with van der Waals surface area (Å²) in [6.07, 6.45) is 0. The highest BCUT2D eigenvalue weighted by molar-refractivity contribution is 7.00. The molecule has 0 saturated carbocycles. The monoisotopic (exact) mass is 776 g/mol. The van der Waals surface area contributed by atoms with Gasteiger partial charge in [-0.25, -0.2) is 0 Å². The van der Waals surface area contributed by atoms with Crippen LogP contribution in [0.2, 0.25) is 0 Å². The molecule has 2 aromatic heterocycles. The number of aromatic nitrogens is 2. The lowest BCUT2D eigenvalue weighted by atomic mass is 9.31. The lowest BCUT2D eigenvalue weighted by Gasteiger charge is -2.35. The number of fused-ring (bicyclic) bond motifs is 10. The summed E-state index contributed by atoms with van der Waals surface area (Å²) in [6, 6.07) is 43.3. The number of hydrogen-bond acceptors (Lipinski definition) is 0. The molecule has 0 bridgehead atoms. The second kappa shape index (κ2) is 12.4. The van der Waals surface area contributed by atoms with Crippen molar-refractivity contribution in [1.29, 1.82) is 0 Å². The van der Waals surface area contributed by atoms with Crippen LogP contribution in [-0.2, 0) is 10.8 Å². The largest absolute Gasteiger partial charge is 0.310 e. The smallest absolute Gasteiger partial charge is 0.247 e. The second-order valence-corrected chi connectivity index (χ2v) is 20.6. The van der Waals surface area contributed by atoms with Gasteiger partial charge in [0.25, 0.3) is 0 Å². The van der Waals surface area contributed by atoms with Crippen LogP contribution in [0.15, 0.2) is 109 Å². The van der Waals surface area contributed by atoms with E-state index in [1.807, 2.05) is 0 Å². The molecule has 0 spiro atoms. The van der Waals surface area contributed by atoms with Crippen LogP contribution in [0.4, 0.5) is 0 Å². The van der Waals surface area contributed by atoms with Crippen molar-refractivity contribution in [3.63, 3.8) is 0 Å². The van der Waals surface area contributed by atoms with Gasteiger partial charge >= 0.3 is 0 Å². The highest BCUT2D eigenvalue weighted by Gasteiger charge is 2.42. The van der Waals surface area contributed by atoms with Gasteiger partial charge in [0.2, 0.25) is 13.4 Å². The van der Waals surface area contributed by atoms with Crippen molar-refractivity contribution in [2.75, 3.05) is 0 Å². The van der Waals surface area contributed by atoms with Crippen molar-refractivity contribution in [3.8, 4) is 11.4 Å². The Morgan fingerprint density at radius 2 is 0.733 bits per heavy atom. The van der Waals surface area contributed by atoms with Crippen LogP contribution in [0.25, 0.3) is 55.0 Å². The molecule has 0 fully saturated rings. The third-order valence-corrected chi connectivity index (χ3v) is 14.3. The normalized spacial score (nSPS) is 13.6. The summed E-state index contributed by atoms with van der Waals surface area (Å²) in [4.78, 5) is 0. The first-order valence-electron chi connectivity index (χ1n) is 22.0. The molecule has 9 aromatic rings. The quantitative estimate of drug-likeness (QED) is 0.155. The molecular formula is C56H54B2N2. The fourth-order valence-electron chi connectivity index (χ4n) is 11.8. The molecule has 0 aliphatic carbocycles. The van der Waals surface area contributed by atoms with Crippen molar-refractivity contribution in [1.82, 2.24) is 9.13 Å². The maximum absolute atomic E-state index is 2.65. The number of benzene rings is 7. The van der Waals surface area contributed by atoms with E-state index in [4.69, 9.17) is 0 Å². The lowest BCUT2D eigenvalue weighted by Crippen LogP contribution is -2.61. The molecule has 11 rings (SSSR count). The fourth-order valence-corrected chi connectivity index (χ4v) is 11.8. The van der Waals surface area contributed by atoms with Crippen LogP contribution in [0.1, 0.15) is 86.1 Å². The molecule has 0 N–H and O–H groups in total. The van der Waals surface area contributed by atoms with E-state index in [0.29, 0.717) is 0 Å². The molecule has 4 heteroatoms. The van der Waals surface area contributed by atoms with Gasteiger partial charge in [0.15, 0.2) is 0 Å². The summed E-state index contributed by atoms with van der Waals surface area (Å²) in [5.74, 6) is 0. The predicted molar refractivity (Wildman–Crippen MR) is 263 cm³/mol. The Kier molecular flexibility index (Phi) is 7.71. The van der Waals surface area contributed by atoms with Gasteiger partial charge in [-0.05, 0) is 122 Å². The van der Waals surface area contributed by atoms with E-state index in [-0.39, 0.29) is 24.3 Å². The number of rotatable bonds is 2. The second-order valence-electron chi connectivity index (χ2n) is 20.6. The first-order chi connectivity index (χ1) is 28.5. The van der Waals surface area contributed by atoms with E-state index in [9.17, 15) is 0 Å². The Balaban J connectivity index is 1.37. The van der Waals surface area contributed by atoms with E-state index >= 15 is 0 Å². The fraction of sp³-hybridized carbons (Fsp3) is 0.250. The van der Waals surface area contributed by atoms with Crippen LogP contribution in [0.3, 0.4) is 0 Å². The summed E-state index contributed by atoms with van der Waals surface area (Å²) in [6.45, 7) is 28.1. The molecule has 0 atom stereocenters. The molecule has 2 aliphatic rings. The number of nitrogens with zero attached hydrogens (tertiary/aromatic N) is 2. The Hall–Kier alpha value is -5.73. The number of aryl methyl sites for hydroxylation is 6. The van der Waals surface area contributed by atoms with E-state index in [0.717, 1.165) is 0 Å². The first-order valence-corrected chi connectivity index (χ1v) is 22.0. The molecule has 294 valence electrons. The molecular weight excluding hydrogens is 722 g/mol. The molecule has 0 saturated heterocycles. The topological polar surface area (TPSA) is 9.86 Å². The SMILES string of the molecule is Cc1cc(C)c(B2c3cc4c(cc3-n3c5ccccc5c5cc(C(C)(C)C)cc2c53)B(c2c(C)cc(C)cc2C)c2cc(C(C)(C)C)cc3c5ccccc5n-4c23)c(C)c1. The first kappa shape index (κ1) is 37.3. The summed E-state index contributed by atoms with van der Waals surface area (Å²) >= 11 is 0. The van der Waals surface area contributed by atoms with Crippen molar-refractivity contribution in [2.45, 2.75) is 93.9 Å². The van der Waals surface area contributed by atoms with Gasteiger partial charge in [0.05, 0.1) is 11.0 Å². The molecule has 4 heterocycles. The Morgan fingerprint density at radius 3 is 1.08 bits per heavy atom.